The Balaban J connectivity index is 1.46. The van der Waals surface area contributed by atoms with Crippen LogP contribution in [0.3, 0.4) is 0 Å². The highest BCUT2D eigenvalue weighted by Crippen LogP contribution is 2.34. The number of carbonyl (C=O) groups excluding carboxylic acids is 1. The number of esters is 1. The molecule has 0 N–H and O–H groups in total. The van der Waals surface area contributed by atoms with E-state index in [1.165, 1.54) is 36.9 Å². The van der Waals surface area contributed by atoms with Gasteiger partial charge in [0, 0.05) is 15.9 Å². The summed E-state index contributed by atoms with van der Waals surface area (Å²) in [5.74, 6) is -0.442. The molecule has 0 heterocycles. The van der Waals surface area contributed by atoms with Gasteiger partial charge in [-0.2, -0.15) is 0 Å². The Bertz CT molecular complexity index is 1240. The number of ether oxygens (including phenoxy) is 3. The molecule has 0 radical (unpaired) electrons. The van der Waals surface area contributed by atoms with Gasteiger partial charge in [-0.15, -0.1) is 0 Å². The minimum atomic E-state index is -0.442. The Hall–Kier alpha value is -3.12. The summed E-state index contributed by atoms with van der Waals surface area (Å²) in [6.07, 6.45) is 1.14. The summed E-state index contributed by atoms with van der Waals surface area (Å²) in [5.41, 5.74) is 1.18. The van der Waals surface area contributed by atoms with E-state index in [9.17, 15) is 4.79 Å². The average Bonchev–Trinajstić information content (AvgIpc) is 2.85. The molecule has 0 bridgehead atoms. The van der Waals surface area contributed by atoms with Gasteiger partial charge >= 0.3 is 5.97 Å². The van der Waals surface area contributed by atoms with Crippen LogP contribution < -0.4 is 0 Å². The minimum Gasteiger partial charge on any atom is -0.460 e. The van der Waals surface area contributed by atoms with E-state index < -0.39 is 5.97 Å². The molecule has 0 aliphatic carbocycles. The normalized spacial score (nSPS) is 11.0. The van der Waals surface area contributed by atoms with Gasteiger partial charge in [0.05, 0.1) is 26.4 Å². The van der Waals surface area contributed by atoms with Crippen molar-refractivity contribution in [3.63, 3.8) is 0 Å². The molecule has 0 saturated carbocycles. The summed E-state index contributed by atoms with van der Waals surface area (Å²) in [6.45, 7) is 5.29. The van der Waals surface area contributed by atoms with Gasteiger partial charge in [0.1, 0.15) is 6.61 Å². The molecule has 0 aliphatic rings. The number of benzene rings is 4. The molecule has 4 aromatic rings. The van der Waals surface area contributed by atoms with Crippen LogP contribution in [0, 0.1) is 0 Å². The predicted octanol–water partition coefficient (Wildman–Crippen LogP) is 6.41. The second-order valence-corrected chi connectivity index (χ2v) is 8.56. The zero-order chi connectivity index (χ0) is 22.9. The van der Waals surface area contributed by atoms with E-state index in [-0.39, 0.29) is 6.61 Å². The molecule has 168 valence electrons. The van der Waals surface area contributed by atoms with Crippen molar-refractivity contribution in [2.75, 3.05) is 26.4 Å². The van der Waals surface area contributed by atoms with Crippen LogP contribution in [0.15, 0.2) is 101 Å². The van der Waals surface area contributed by atoms with Crippen LogP contribution in [0.5, 0.6) is 0 Å². The first-order chi connectivity index (χ1) is 16.2. The van der Waals surface area contributed by atoms with Crippen LogP contribution in [0.2, 0.25) is 0 Å². The maximum absolute atomic E-state index is 11.0. The lowest BCUT2D eigenvalue weighted by molar-refractivity contribution is -0.139. The van der Waals surface area contributed by atoms with Crippen LogP contribution in [-0.2, 0) is 25.6 Å². The number of hydrogen-bond acceptors (Lipinski definition) is 5. The molecule has 0 fully saturated rings. The predicted molar refractivity (Wildman–Crippen MR) is 134 cm³/mol. The first-order valence-electron chi connectivity index (χ1n) is 10.9. The monoisotopic (exact) mass is 458 g/mol. The molecule has 0 amide bonds. The lowest BCUT2D eigenvalue weighted by Gasteiger charge is -2.14. The number of rotatable bonds is 11. The summed E-state index contributed by atoms with van der Waals surface area (Å²) in [7, 11) is 0. The second-order valence-electron chi connectivity index (χ2n) is 7.41. The molecule has 4 aromatic carbocycles. The van der Waals surface area contributed by atoms with E-state index >= 15 is 0 Å². The highest BCUT2D eigenvalue weighted by atomic mass is 32.2. The Kier molecular flexibility index (Phi) is 8.14. The lowest BCUT2D eigenvalue weighted by Crippen LogP contribution is -2.11. The van der Waals surface area contributed by atoms with E-state index in [0.29, 0.717) is 26.4 Å². The number of hydrogen-bond donors (Lipinski definition) is 0. The maximum atomic E-state index is 11.0. The summed E-state index contributed by atoms with van der Waals surface area (Å²) < 4.78 is 16.4. The van der Waals surface area contributed by atoms with Crippen LogP contribution in [0.4, 0.5) is 0 Å². The van der Waals surface area contributed by atoms with Gasteiger partial charge < -0.3 is 14.2 Å². The molecular formula is C28H26O4S. The van der Waals surface area contributed by atoms with Crippen molar-refractivity contribution >= 4 is 39.3 Å². The molecule has 0 saturated heterocycles. The van der Waals surface area contributed by atoms with Crippen molar-refractivity contribution in [3.8, 4) is 0 Å². The second kappa shape index (κ2) is 11.7. The summed E-state index contributed by atoms with van der Waals surface area (Å²) >= 11 is 1.76. The van der Waals surface area contributed by atoms with Crippen molar-refractivity contribution in [1.29, 1.82) is 0 Å². The Morgan fingerprint density at radius 3 is 2.33 bits per heavy atom. The molecule has 0 aliphatic heterocycles. The zero-order valence-electron chi connectivity index (χ0n) is 18.4. The van der Waals surface area contributed by atoms with E-state index in [1.807, 2.05) is 6.07 Å². The molecular weight excluding hydrogens is 432 g/mol. The highest BCUT2D eigenvalue weighted by molar-refractivity contribution is 7.99. The minimum absolute atomic E-state index is 0.209. The molecule has 33 heavy (non-hydrogen) atoms. The third-order valence-corrected chi connectivity index (χ3v) is 6.18. The fourth-order valence-electron chi connectivity index (χ4n) is 3.63. The maximum Gasteiger partial charge on any atom is 0.330 e. The lowest BCUT2D eigenvalue weighted by atomic mass is 9.97. The first kappa shape index (κ1) is 23.1. The van der Waals surface area contributed by atoms with Crippen LogP contribution in [0.1, 0.15) is 5.56 Å². The van der Waals surface area contributed by atoms with Gasteiger partial charge in [-0.1, -0.05) is 66.9 Å². The summed E-state index contributed by atoms with van der Waals surface area (Å²) in [4.78, 5) is 13.4. The molecule has 4 nitrogen and oxygen atoms in total. The van der Waals surface area contributed by atoms with Gasteiger partial charge in [0.2, 0.25) is 0 Å². The molecule has 0 atom stereocenters. The van der Waals surface area contributed by atoms with E-state index in [2.05, 4.69) is 79.4 Å². The van der Waals surface area contributed by atoms with Crippen molar-refractivity contribution in [2.45, 2.75) is 16.4 Å². The molecule has 0 unspecified atom stereocenters. The topological polar surface area (TPSA) is 44.8 Å². The fourth-order valence-corrected chi connectivity index (χ4v) is 4.51. The smallest absolute Gasteiger partial charge is 0.330 e. The number of carbonyl (C=O) groups is 1. The van der Waals surface area contributed by atoms with Gasteiger partial charge in [0.25, 0.3) is 0 Å². The van der Waals surface area contributed by atoms with Crippen LogP contribution in [-0.4, -0.2) is 32.4 Å². The van der Waals surface area contributed by atoms with Gasteiger partial charge in [0.15, 0.2) is 0 Å². The van der Waals surface area contributed by atoms with Gasteiger partial charge in [-0.25, -0.2) is 4.79 Å². The zero-order valence-corrected chi connectivity index (χ0v) is 19.2. The van der Waals surface area contributed by atoms with Crippen molar-refractivity contribution in [3.05, 3.63) is 97.1 Å². The SMILES string of the molecule is C=CC(=O)OCCOCCOCc1c2ccccc2cc2ccc(Sc3ccccc3)cc12. The largest absolute Gasteiger partial charge is 0.460 e. The average molecular weight is 459 g/mol. The van der Waals surface area contributed by atoms with Crippen LogP contribution >= 0.6 is 11.8 Å². The quantitative estimate of drug-likeness (QED) is 0.113. The summed E-state index contributed by atoms with van der Waals surface area (Å²) in [6, 6.07) is 27.6. The molecule has 5 heteroatoms. The summed E-state index contributed by atoms with van der Waals surface area (Å²) in [5, 5.41) is 4.80. The number of fused-ring (bicyclic) bond motifs is 2. The van der Waals surface area contributed by atoms with Crippen molar-refractivity contribution in [2.24, 2.45) is 0 Å². The van der Waals surface area contributed by atoms with Gasteiger partial charge in [-0.05, 0) is 57.4 Å². The Morgan fingerprint density at radius 1 is 0.758 bits per heavy atom. The Labute approximate surface area is 198 Å². The fraction of sp³-hybridized carbons (Fsp3) is 0.179. The van der Waals surface area contributed by atoms with Crippen LogP contribution in [0.25, 0.3) is 21.5 Å². The molecule has 4 rings (SSSR count). The third kappa shape index (κ3) is 6.23. The van der Waals surface area contributed by atoms with E-state index in [4.69, 9.17) is 14.2 Å². The third-order valence-electron chi connectivity index (χ3n) is 5.18. The van der Waals surface area contributed by atoms with E-state index in [1.54, 1.807) is 11.8 Å². The Morgan fingerprint density at radius 2 is 1.48 bits per heavy atom. The molecule has 0 aromatic heterocycles. The standard InChI is InChI=1S/C28H26O4S/c1-2-28(29)32-17-16-30-14-15-31-20-27-25-11-7-6-8-21(25)18-22-12-13-24(19-26(22)27)33-23-9-4-3-5-10-23/h2-13,18-19H,1,14-17,20H2. The van der Waals surface area contributed by atoms with Gasteiger partial charge in [-0.3, -0.25) is 0 Å². The first-order valence-corrected chi connectivity index (χ1v) is 11.7. The van der Waals surface area contributed by atoms with Crippen molar-refractivity contribution in [1.82, 2.24) is 0 Å². The van der Waals surface area contributed by atoms with E-state index in [0.717, 1.165) is 6.08 Å². The highest BCUT2D eigenvalue weighted by Gasteiger charge is 2.10. The molecule has 0 spiro atoms. The van der Waals surface area contributed by atoms with Crippen molar-refractivity contribution < 1.29 is 19.0 Å².